The molecule has 54 heavy (non-hydrogen) atoms. The molecule has 8 rings (SSSR count). The molecule has 3 aromatic carbocycles. The number of aromatic nitrogens is 2. The summed E-state index contributed by atoms with van der Waals surface area (Å²) in [6.45, 7) is 6.84. The van der Waals surface area contributed by atoms with Crippen LogP contribution in [0.15, 0.2) is 107 Å². The predicted molar refractivity (Wildman–Crippen MR) is 216 cm³/mol. The highest BCUT2D eigenvalue weighted by Gasteiger charge is 2.20. The third-order valence-electron chi connectivity index (χ3n) is 9.44. The van der Waals surface area contributed by atoms with Gasteiger partial charge in [-0.25, -0.2) is 9.97 Å². The number of thiophene rings is 1. The molecule has 0 aliphatic carbocycles. The van der Waals surface area contributed by atoms with Gasteiger partial charge in [0, 0.05) is 62.9 Å². The van der Waals surface area contributed by atoms with Crippen LogP contribution >= 0.6 is 11.3 Å². The zero-order chi connectivity index (χ0) is 36.9. The number of piperazine rings is 2. The highest BCUT2D eigenvalue weighted by atomic mass is 32.1. The van der Waals surface area contributed by atoms with Crippen LogP contribution < -0.4 is 42.1 Å². The number of amides is 2. The molecule has 274 valence electrons. The van der Waals surface area contributed by atoms with Gasteiger partial charge in [-0.2, -0.15) is 0 Å². The summed E-state index contributed by atoms with van der Waals surface area (Å²) >= 11 is 1.63. The minimum Gasteiger partial charge on any atom is -0.418 e. The predicted octanol–water partition coefficient (Wildman–Crippen LogP) is 6.11. The number of hydrogen-bond acceptors (Lipinski definition) is 12. The smallest absolute Gasteiger partial charge is 0.298 e. The monoisotopic (exact) mass is 740 g/mol. The van der Waals surface area contributed by atoms with E-state index in [1.54, 1.807) is 29.7 Å². The summed E-state index contributed by atoms with van der Waals surface area (Å²) in [6, 6.07) is 27.5. The fourth-order valence-corrected chi connectivity index (χ4v) is 7.20. The van der Waals surface area contributed by atoms with E-state index in [9.17, 15) is 9.59 Å². The van der Waals surface area contributed by atoms with Crippen LogP contribution in [0, 0.1) is 0 Å². The molecule has 13 nitrogen and oxygen atoms in total. The van der Waals surface area contributed by atoms with E-state index in [0.717, 1.165) is 85.3 Å². The summed E-state index contributed by atoms with van der Waals surface area (Å²) < 4.78 is 5.88. The molecular formula is C40H40N10O3S. The lowest BCUT2D eigenvalue weighted by Gasteiger charge is -2.29. The Morgan fingerprint density at radius 3 is 2.13 bits per heavy atom. The van der Waals surface area contributed by atoms with Crippen molar-refractivity contribution in [1.82, 2.24) is 20.6 Å². The summed E-state index contributed by atoms with van der Waals surface area (Å²) in [5.74, 6) is -0.583. The largest absolute Gasteiger partial charge is 0.418 e. The van der Waals surface area contributed by atoms with Crippen LogP contribution in [0.2, 0.25) is 0 Å². The highest BCUT2D eigenvalue weighted by Crippen LogP contribution is 2.35. The molecule has 0 spiro atoms. The molecule has 3 aromatic heterocycles. The molecule has 0 unspecified atom stereocenters. The lowest BCUT2D eigenvalue weighted by Crippen LogP contribution is -2.43. The lowest BCUT2D eigenvalue weighted by atomic mass is 10.0. The average Bonchev–Trinajstić information content (AvgIpc) is 3.95. The van der Waals surface area contributed by atoms with Crippen LogP contribution in [0.1, 0.15) is 21.0 Å². The third-order valence-corrected chi connectivity index (χ3v) is 10.4. The number of pyridine rings is 1. The van der Waals surface area contributed by atoms with Crippen molar-refractivity contribution in [3.05, 3.63) is 114 Å². The average molecular weight is 741 g/mol. The SMILES string of the molecule is Nc1ccc(-c2ccc(Nc3ccc(-c4cccs4)cc3NC(=O)c3cnc(N4CCNCC4)o3)cc2)cc1NC(=O)c1ccc(N2CCNCC2)cn1. The molecule has 2 aliphatic rings. The summed E-state index contributed by atoms with van der Waals surface area (Å²) in [5.41, 5.74) is 13.5. The number of nitrogen functional groups attached to an aromatic ring is 1. The van der Waals surface area contributed by atoms with Gasteiger partial charge in [0.05, 0.1) is 40.8 Å². The topological polar surface area (TPSA) is 166 Å². The van der Waals surface area contributed by atoms with Gasteiger partial charge < -0.3 is 46.5 Å². The first kappa shape index (κ1) is 34.8. The van der Waals surface area contributed by atoms with Crippen molar-refractivity contribution in [2.75, 3.05) is 83.8 Å². The fourth-order valence-electron chi connectivity index (χ4n) is 6.47. The quantitative estimate of drug-likeness (QED) is 0.0898. The number of oxazole rings is 1. The molecule has 2 aliphatic heterocycles. The maximum absolute atomic E-state index is 13.4. The Morgan fingerprint density at radius 2 is 1.41 bits per heavy atom. The van der Waals surface area contributed by atoms with Crippen molar-refractivity contribution in [1.29, 1.82) is 0 Å². The van der Waals surface area contributed by atoms with Gasteiger partial charge in [0.1, 0.15) is 5.69 Å². The van der Waals surface area contributed by atoms with Gasteiger partial charge in [-0.1, -0.05) is 30.3 Å². The first-order valence-corrected chi connectivity index (χ1v) is 18.8. The fraction of sp³-hybridized carbons (Fsp3) is 0.200. The summed E-state index contributed by atoms with van der Waals surface area (Å²) in [6.07, 6.45) is 3.21. The van der Waals surface area contributed by atoms with Crippen molar-refractivity contribution in [2.24, 2.45) is 0 Å². The Hall–Kier alpha value is -6.22. The molecular weight excluding hydrogens is 701 g/mol. The molecule has 7 N–H and O–H groups in total. The van der Waals surface area contributed by atoms with Gasteiger partial charge in [-0.15, -0.1) is 11.3 Å². The van der Waals surface area contributed by atoms with E-state index in [1.165, 1.54) is 6.20 Å². The third kappa shape index (κ3) is 7.90. The van der Waals surface area contributed by atoms with Crippen molar-refractivity contribution >= 4 is 63.3 Å². The highest BCUT2D eigenvalue weighted by molar-refractivity contribution is 7.13. The van der Waals surface area contributed by atoms with Crippen LogP contribution in [-0.2, 0) is 0 Å². The maximum Gasteiger partial charge on any atom is 0.298 e. The van der Waals surface area contributed by atoms with Gasteiger partial charge in [0.2, 0.25) is 5.76 Å². The number of nitrogens with two attached hydrogens (primary N) is 1. The summed E-state index contributed by atoms with van der Waals surface area (Å²) in [5, 5.41) is 18.1. The van der Waals surface area contributed by atoms with Gasteiger partial charge in [-0.05, 0) is 76.7 Å². The molecule has 0 atom stereocenters. The van der Waals surface area contributed by atoms with E-state index in [0.29, 0.717) is 34.5 Å². The van der Waals surface area contributed by atoms with Crippen LogP contribution in [0.25, 0.3) is 21.6 Å². The number of hydrogen-bond donors (Lipinski definition) is 6. The first-order chi connectivity index (χ1) is 26.5. The number of carbonyl (C=O) groups is 2. The molecule has 2 fully saturated rings. The molecule has 5 heterocycles. The number of anilines is 7. The molecule has 0 radical (unpaired) electrons. The zero-order valence-corrected chi connectivity index (χ0v) is 30.3. The molecule has 0 bridgehead atoms. The minimum atomic E-state index is -0.389. The van der Waals surface area contributed by atoms with Crippen LogP contribution in [0.5, 0.6) is 0 Å². The van der Waals surface area contributed by atoms with Crippen molar-refractivity contribution in [2.45, 2.75) is 0 Å². The van der Waals surface area contributed by atoms with Crippen LogP contribution in [-0.4, -0.2) is 74.1 Å². The molecule has 2 saturated heterocycles. The Labute approximate surface area is 316 Å². The van der Waals surface area contributed by atoms with Crippen molar-refractivity contribution in [3.8, 4) is 21.6 Å². The normalized spacial score (nSPS) is 14.4. The Kier molecular flexibility index (Phi) is 10.2. The van der Waals surface area contributed by atoms with Gasteiger partial charge in [0.25, 0.3) is 17.8 Å². The van der Waals surface area contributed by atoms with E-state index in [1.807, 2.05) is 83.1 Å². The minimum absolute atomic E-state index is 0.138. The van der Waals surface area contributed by atoms with E-state index in [-0.39, 0.29) is 17.6 Å². The lowest BCUT2D eigenvalue weighted by molar-refractivity contribution is 0.0994. The number of nitrogens with one attached hydrogen (secondary N) is 5. The second-order valence-corrected chi connectivity index (χ2v) is 14.0. The maximum atomic E-state index is 13.4. The Bertz CT molecular complexity index is 2230. The van der Waals surface area contributed by atoms with Crippen molar-refractivity contribution in [3.63, 3.8) is 0 Å². The number of rotatable bonds is 10. The van der Waals surface area contributed by atoms with Gasteiger partial charge in [0.15, 0.2) is 0 Å². The standard InChI is InChI=1S/C40H40N10O3S/c41-31-10-5-27(22-34(31)47-38(51)33-12-9-30(24-44-33)49-17-13-42-14-18-49)26-3-7-29(8-4-26)46-32-11-6-28(37-2-1-21-54-37)23-35(32)48-39(52)36-25-45-40(53-36)50-19-15-43-16-20-50/h1-12,21-25,42-43,46H,13-20,41H2,(H,47,51)(H,48,52). The van der Waals surface area contributed by atoms with Crippen LogP contribution in [0.4, 0.5) is 40.1 Å². The summed E-state index contributed by atoms with van der Waals surface area (Å²) in [7, 11) is 0. The second kappa shape index (κ2) is 15.8. The number of nitrogens with zero attached hydrogens (tertiary/aromatic N) is 4. The number of carbonyl (C=O) groups excluding carboxylic acids is 2. The molecule has 0 saturated carbocycles. The molecule has 6 aromatic rings. The van der Waals surface area contributed by atoms with Crippen LogP contribution in [0.3, 0.4) is 0 Å². The Balaban J connectivity index is 0.968. The first-order valence-electron chi connectivity index (χ1n) is 17.9. The second-order valence-electron chi connectivity index (χ2n) is 13.0. The van der Waals surface area contributed by atoms with Gasteiger partial charge >= 0.3 is 0 Å². The van der Waals surface area contributed by atoms with E-state index < -0.39 is 0 Å². The van der Waals surface area contributed by atoms with E-state index in [4.69, 9.17) is 10.2 Å². The van der Waals surface area contributed by atoms with Gasteiger partial charge in [-0.3, -0.25) is 9.59 Å². The van der Waals surface area contributed by atoms with Crippen molar-refractivity contribution < 1.29 is 14.0 Å². The van der Waals surface area contributed by atoms with E-state index >= 15 is 0 Å². The zero-order valence-electron chi connectivity index (χ0n) is 29.5. The summed E-state index contributed by atoms with van der Waals surface area (Å²) in [4.78, 5) is 40.7. The molecule has 2 amide bonds. The van der Waals surface area contributed by atoms with E-state index in [2.05, 4.69) is 41.5 Å². The Morgan fingerprint density at radius 1 is 0.704 bits per heavy atom. The number of benzene rings is 3. The molecule has 14 heteroatoms.